The Bertz CT molecular complexity index is 563. The predicted octanol–water partition coefficient (Wildman–Crippen LogP) is 1.15. The van der Waals surface area contributed by atoms with Crippen LogP contribution in [-0.2, 0) is 0 Å². The van der Waals surface area contributed by atoms with E-state index in [0.29, 0.717) is 23.1 Å². The van der Waals surface area contributed by atoms with E-state index >= 15 is 0 Å². The van der Waals surface area contributed by atoms with E-state index in [1.165, 1.54) is 6.07 Å². The van der Waals surface area contributed by atoms with Crippen LogP contribution in [0.15, 0.2) is 29.1 Å². The second-order valence-corrected chi connectivity index (χ2v) is 3.30. The van der Waals surface area contributed by atoms with E-state index in [9.17, 15) is 4.79 Å². The molecule has 0 aliphatic rings. The molecule has 0 spiro atoms. The van der Waals surface area contributed by atoms with Crippen LogP contribution in [0.1, 0.15) is 5.69 Å². The number of rotatable bonds is 2. The summed E-state index contributed by atoms with van der Waals surface area (Å²) in [5.74, 6) is 0.936. The van der Waals surface area contributed by atoms with Crippen molar-refractivity contribution >= 4 is 0 Å². The molecular formula is C11H11N3O2. The second-order valence-electron chi connectivity index (χ2n) is 3.30. The highest BCUT2D eigenvalue weighted by atomic mass is 16.5. The topological polar surface area (TPSA) is 67.9 Å². The molecule has 5 nitrogen and oxygen atoms in total. The van der Waals surface area contributed by atoms with Gasteiger partial charge in [-0.3, -0.25) is 4.79 Å². The normalized spacial score (nSPS) is 10.1. The molecule has 2 aromatic rings. The highest BCUT2D eigenvalue weighted by molar-refractivity contribution is 5.49. The van der Waals surface area contributed by atoms with Crippen LogP contribution in [0.4, 0.5) is 0 Å². The second kappa shape index (κ2) is 4.14. The molecule has 5 heteroatoms. The first-order valence-electron chi connectivity index (χ1n) is 4.78. The lowest BCUT2D eigenvalue weighted by Gasteiger charge is -2.03. The number of pyridine rings is 1. The molecule has 0 bridgehead atoms. The molecule has 2 rings (SSSR count). The standard InChI is InChI=1S/C11H11N3O2/c1-7-6-9(15)14-11(12-7)8-4-3-5-10(13-8)16-2/h3-6H,1-2H3,(H,12,14,15). The van der Waals surface area contributed by atoms with Crippen LogP contribution in [0.25, 0.3) is 11.5 Å². The summed E-state index contributed by atoms with van der Waals surface area (Å²) in [4.78, 5) is 22.3. The van der Waals surface area contributed by atoms with Crippen LogP contribution in [0.3, 0.4) is 0 Å². The number of hydrogen-bond acceptors (Lipinski definition) is 4. The summed E-state index contributed by atoms with van der Waals surface area (Å²) < 4.78 is 5.01. The molecule has 0 radical (unpaired) electrons. The lowest BCUT2D eigenvalue weighted by molar-refractivity contribution is 0.398. The first kappa shape index (κ1) is 10.4. The average molecular weight is 217 g/mol. The van der Waals surface area contributed by atoms with Crippen molar-refractivity contribution in [1.29, 1.82) is 0 Å². The zero-order valence-electron chi connectivity index (χ0n) is 9.02. The first-order valence-corrected chi connectivity index (χ1v) is 4.78. The Balaban J connectivity index is 2.53. The number of ether oxygens (including phenoxy) is 1. The minimum atomic E-state index is -0.188. The molecule has 2 heterocycles. The molecule has 2 aromatic heterocycles. The first-order chi connectivity index (χ1) is 7.69. The summed E-state index contributed by atoms with van der Waals surface area (Å²) in [6.07, 6.45) is 0. The van der Waals surface area contributed by atoms with Crippen LogP contribution in [0.2, 0.25) is 0 Å². The Kier molecular flexibility index (Phi) is 2.68. The fraction of sp³-hybridized carbons (Fsp3) is 0.182. The van der Waals surface area contributed by atoms with Gasteiger partial charge in [-0.1, -0.05) is 6.07 Å². The van der Waals surface area contributed by atoms with Gasteiger partial charge in [0.1, 0.15) is 5.69 Å². The molecule has 0 saturated heterocycles. The van der Waals surface area contributed by atoms with Crippen molar-refractivity contribution in [1.82, 2.24) is 15.0 Å². The maximum atomic E-state index is 11.3. The van der Waals surface area contributed by atoms with Crippen molar-refractivity contribution in [3.63, 3.8) is 0 Å². The zero-order chi connectivity index (χ0) is 11.5. The van der Waals surface area contributed by atoms with Crippen LogP contribution in [-0.4, -0.2) is 22.1 Å². The summed E-state index contributed by atoms with van der Waals surface area (Å²) in [5, 5.41) is 0. The Hall–Kier alpha value is -2.17. The summed E-state index contributed by atoms with van der Waals surface area (Å²) in [6, 6.07) is 6.73. The fourth-order valence-corrected chi connectivity index (χ4v) is 1.36. The number of aromatic amines is 1. The number of methoxy groups -OCH3 is 1. The number of nitrogens with one attached hydrogen (secondary N) is 1. The van der Waals surface area contributed by atoms with Gasteiger partial charge in [0.05, 0.1) is 7.11 Å². The number of hydrogen-bond donors (Lipinski definition) is 1. The smallest absolute Gasteiger partial charge is 0.251 e. The van der Waals surface area contributed by atoms with Crippen molar-refractivity contribution < 1.29 is 4.74 Å². The number of aromatic nitrogens is 3. The van der Waals surface area contributed by atoms with Gasteiger partial charge < -0.3 is 9.72 Å². The molecule has 0 atom stereocenters. The predicted molar refractivity (Wildman–Crippen MR) is 59.4 cm³/mol. The lowest BCUT2D eigenvalue weighted by atomic mass is 10.3. The Morgan fingerprint density at radius 2 is 2.12 bits per heavy atom. The summed E-state index contributed by atoms with van der Waals surface area (Å²) in [6.45, 7) is 1.76. The average Bonchev–Trinajstić information content (AvgIpc) is 2.28. The van der Waals surface area contributed by atoms with E-state index < -0.39 is 0 Å². The zero-order valence-corrected chi connectivity index (χ0v) is 9.02. The van der Waals surface area contributed by atoms with Gasteiger partial charge in [0.2, 0.25) is 5.88 Å². The molecule has 0 aliphatic heterocycles. The fourth-order valence-electron chi connectivity index (χ4n) is 1.36. The molecule has 0 amide bonds. The Morgan fingerprint density at radius 1 is 1.31 bits per heavy atom. The lowest BCUT2D eigenvalue weighted by Crippen LogP contribution is -2.09. The molecule has 0 fully saturated rings. The van der Waals surface area contributed by atoms with Crippen molar-refractivity contribution in [2.75, 3.05) is 7.11 Å². The van der Waals surface area contributed by atoms with E-state index in [4.69, 9.17) is 4.74 Å². The van der Waals surface area contributed by atoms with E-state index in [0.717, 1.165) is 0 Å². The van der Waals surface area contributed by atoms with Gasteiger partial charge in [-0.05, 0) is 13.0 Å². The molecule has 82 valence electrons. The van der Waals surface area contributed by atoms with Crippen LogP contribution in [0.5, 0.6) is 5.88 Å². The highest BCUT2D eigenvalue weighted by Gasteiger charge is 2.04. The van der Waals surface area contributed by atoms with E-state index in [2.05, 4.69) is 15.0 Å². The maximum Gasteiger partial charge on any atom is 0.251 e. The molecule has 16 heavy (non-hydrogen) atoms. The molecule has 0 aromatic carbocycles. The highest BCUT2D eigenvalue weighted by Crippen LogP contribution is 2.14. The van der Waals surface area contributed by atoms with Crippen LogP contribution >= 0.6 is 0 Å². The minimum absolute atomic E-state index is 0.188. The van der Waals surface area contributed by atoms with E-state index in [1.54, 1.807) is 32.2 Å². The van der Waals surface area contributed by atoms with Crippen molar-refractivity contribution in [3.05, 3.63) is 40.3 Å². The number of nitrogens with zero attached hydrogens (tertiary/aromatic N) is 2. The monoisotopic (exact) mass is 217 g/mol. The Morgan fingerprint density at radius 3 is 2.81 bits per heavy atom. The van der Waals surface area contributed by atoms with Gasteiger partial charge in [0.25, 0.3) is 5.56 Å². The van der Waals surface area contributed by atoms with Crippen molar-refractivity contribution in [2.45, 2.75) is 6.92 Å². The number of H-pyrrole nitrogens is 1. The molecule has 0 unspecified atom stereocenters. The maximum absolute atomic E-state index is 11.3. The van der Waals surface area contributed by atoms with Gasteiger partial charge in [0, 0.05) is 17.8 Å². The van der Waals surface area contributed by atoms with Crippen LogP contribution in [0, 0.1) is 6.92 Å². The quantitative estimate of drug-likeness (QED) is 0.819. The molecular weight excluding hydrogens is 206 g/mol. The SMILES string of the molecule is COc1cccc(-c2nc(C)cc(=O)[nH]2)n1. The van der Waals surface area contributed by atoms with E-state index in [1.807, 2.05) is 0 Å². The van der Waals surface area contributed by atoms with E-state index in [-0.39, 0.29) is 5.56 Å². The van der Waals surface area contributed by atoms with Gasteiger partial charge in [-0.25, -0.2) is 9.97 Å². The van der Waals surface area contributed by atoms with Crippen LogP contribution < -0.4 is 10.3 Å². The number of aryl methyl sites for hydroxylation is 1. The van der Waals surface area contributed by atoms with Gasteiger partial charge in [-0.15, -0.1) is 0 Å². The summed E-state index contributed by atoms with van der Waals surface area (Å²) in [7, 11) is 1.54. The van der Waals surface area contributed by atoms with Crippen molar-refractivity contribution in [2.24, 2.45) is 0 Å². The third-order valence-electron chi connectivity index (χ3n) is 2.05. The molecule has 0 aliphatic carbocycles. The largest absolute Gasteiger partial charge is 0.481 e. The summed E-state index contributed by atoms with van der Waals surface area (Å²) in [5.41, 5.74) is 1.05. The summed E-state index contributed by atoms with van der Waals surface area (Å²) >= 11 is 0. The minimum Gasteiger partial charge on any atom is -0.481 e. The molecule has 0 saturated carbocycles. The third-order valence-corrected chi connectivity index (χ3v) is 2.05. The van der Waals surface area contributed by atoms with Gasteiger partial charge in [-0.2, -0.15) is 0 Å². The third kappa shape index (κ3) is 2.08. The van der Waals surface area contributed by atoms with Gasteiger partial charge >= 0.3 is 0 Å². The molecule has 1 N–H and O–H groups in total. The van der Waals surface area contributed by atoms with Gasteiger partial charge in [0.15, 0.2) is 5.82 Å². The Labute approximate surface area is 92.2 Å². The van der Waals surface area contributed by atoms with Crippen molar-refractivity contribution in [3.8, 4) is 17.4 Å².